The van der Waals surface area contributed by atoms with Crippen LogP contribution in [0.1, 0.15) is 31.7 Å². The first kappa shape index (κ1) is 19.0. The first-order valence-electron chi connectivity index (χ1n) is 10.1. The highest BCUT2D eigenvalue weighted by Gasteiger charge is 2.27. The summed E-state index contributed by atoms with van der Waals surface area (Å²) in [6, 6.07) is 8.22. The fraction of sp³-hybridized carbons (Fsp3) is 0.667. The van der Waals surface area contributed by atoms with Crippen molar-refractivity contribution in [3.63, 3.8) is 0 Å². The first-order valence-corrected chi connectivity index (χ1v) is 10.1. The Labute approximate surface area is 158 Å². The predicted molar refractivity (Wildman–Crippen MR) is 108 cm³/mol. The SMILES string of the molecule is CN=C(NCC(C)Oc1cccc(C)c1)N1CCC(CN2CCCC2)C1. The number of nitrogens with zero attached hydrogens (tertiary/aromatic N) is 3. The molecule has 0 aromatic heterocycles. The van der Waals surface area contributed by atoms with Gasteiger partial charge in [-0.05, 0) is 69.8 Å². The molecule has 2 saturated heterocycles. The fourth-order valence-corrected chi connectivity index (χ4v) is 4.03. The molecule has 0 aliphatic carbocycles. The smallest absolute Gasteiger partial charge is 0.193 e. The van der Waals surface area contributed by atoms with Crippen LogP contribution in [0.25, 0.3) is 0 Å². The van der Waals surface area contributed by atoms with Gasteiger partial charge in [0.25, 0.3) is 0 Å². The van der Waals surface area contributed by atoms with Gasteiger partial charge in [0, 0.05) is 26.7 Å². The summed E-state index contributed by atoms with van der Waals surface area (Å²) in [6.07, 6.45) is 4.11. The van der Waals surface area contributed by atoms with Gasteiger partial charge in [-0.25, -0.2) is 0 Å². The van der Waals surface area contributed by atoms with Gasteiger partial charge in [-0.2, -0.15) is 0 Å². The predicted octanol–water partition coefficient (Wildman–Crippen LogP) is 2.76. The van der Waals surface area contributed by atoms with E-state index < -0.39 is 0 Å². The van der Waals surface area contributed by atoms with Crippen molar-refractivity contribution < 1.29 is 4.74 Å². The lowest BCUT2D eigenvalue weighted by Gasteiger charge is -2.24. The minimum atomic E-state index is 0.0940. The Hall–Kier alpha value is -1.75. The van der Waals surface area contributed by atoms with Gasteiger partial charge in [-0.1, -0.05) is 12.1 Å². The molecule has 26 heavy (non-hydrogen) atoms. The van der Waals surface area contributed by atoms with Gasteiger partial charge in [0.05, 0.1) is 6.54 Å². The van der Waals surface area contributed by atoms with Gasteiger partial charge in [-0.15, -0.1) is 0 Å². The van der Waals surface area contributed by atoms with Crippen molar-refractivity contribution in [2.24, 2.45) is 10.9 Å². The second kappa shape index (κ2) is 9.26. The largest absolute Gasteiger partial charge is 0.489 e. The standard InChI is InChI=1S/C21H34N4O/c1-17-7-6-8-20(13-17)26-18(2)14-23-21(22-3)25-12-9-19(16-25)15-24-10-4-5-11-24/h6-8,13,18-19H,4-5,9-12,14-16H2,1-3H3,(H,22,23). The van der Waals surface area contributed by atoms with Crippen molar-refractivity contribution >= 4 is 5.96 Å². The second-order valence-electron chi connectivity index (χ2n) is 7.78. The van der Waals surface area contributed by atoms with E-state index in [1.807, 2.05) is 19.2 Å². The summed E-state index contributed by atoms with van der Waals surface area (Å²) < 4.78 is 6.02. The molecule has 2 fully saturated rings. The summed E-state index contributed by atoms with van der Waals surface area (Å²) in [6.45, 7) is 11.0. The molecule has 0 bridgehead atoms. The van der Waals surface area contributed by atoms with E-state index in [-0.39, 0.29) is 6.10 Å². The van der Waals surface area contributed by atoms with Crippen LogP contribution in [0.3, 0.4) is 0 Å². The monoisotopic (exact) mass is 358 g/mol. The van der Waals surface area contributed by atoms with E-state index in [2.05, 4.69) is 46.1 Å². The van der Waals surface area contributed by atoms with E-state index in [9.17, 15) is 0 Å². The molecular weight excluding hydrogens is 324 g/mol. The number of likely N-dealkylation sites (tertiary alicyclic amines) is 2. The molecule has 1 aromatic rings. The molecule has 0 radical (unpaired) electrons. The number of guanidine groups is 1. The molecule has 2 aliphatic rings. The molecule has 1 aromatic carbocycles. The third-order valence-corrected chi connectivity index (χ3v) is 5.39. The Morgan fingerprint density at radius 3 is 2.85 bits per heavy atom. The number of aliphatic imine (C=N–C) groups is 1. The lowest BCUT2D eigenvalue weighted by molar-refractivity contribution is 0.222. The second-order valence-corrected chi connectivity index (χ2v) is 7.78. The lowest BCUT2D eigenvalue weighted by atomic mass is 10.1. The quantitative estimate of drug-likeness (QED) is 0.627. The van der Waals surface area contributed by atoms with Gasteiger partial charge in [0.15, 0.2) is 5.96 Å². The maximum atomic E-state index is 6.02. The van der Waals surface area contributed by atoms with E-state index in [4.69, 9.17) is 4.74 Å². The van der Waals surface area contributed by atoms with Crippen molar-refractivity contribution in [3.05, 3.63) is 29.8 Å². The molecule has 2 unspecified atom stereocenters. The number of rotatable bonds is 6. The minimum absolute atomic E-state index is 0.0940. The van der Waals surface area contributed by atoms with Crippen molar-refractivity contribution in [1.82, 2.24) is 15.1 Å². The van der Waals surface area contributed by atoms with Crippen LogP contribution in [0.4, 0.5) is 0 Å². The Balaban J connectivity index is 1.42. The van der Waals surface area contributed by atoms with E-state index >= 15 is 0 Å². The van der Waals surface area contributed by atoms with Crippen molar-refractivity contribution in [2.45, 2.75) is 39.2 Å². The van der Waals surface area contributed by atoms with Crippen molar-refractivity contribution in [1.29, 1.82) is 0 Å². The number of hydrogen-bond donors (Lipinski definition) is 1. The number of hydrogen-bond acceptors (Lipinski definition) is 3. The molecule has 2 aliphatic heterocycles. The van der Waals surface area contributed by atoms with Gasteiger partial charge in [0.2, 0.25) is 0 Å². The van der Waals surface area contributed by atoms with E-state index in [0.717, 1.165) is 37.3 Å². The molecule has 2 atom stereocenters. The van der Waals surface area contributed by atoms with Gasteiger partial charge >= 0.3 is 0 Å². The van der Waals surface area contributed by atoms with Crippen LogP contribution in [-0.4, -0.2) is 68.2 Å². The summed E-state index contributed by atoms with van der Waals surface area (Å²) in [5, 5.41) is 3.50. The highest BCUT2D eigenvalue weighted by atomic mass is 16.5. The summed E-state index contributed by atoms with van der Waals surface area (Å²) in [4.78, 5) is 9.52. The molecule has 3 rings (SSSR count). The maximum Gasteiger partial charge on any atom is 0.193 e. The van der Waals surface area contributed by atoms with E-state index in [1.54, 1.807) is 0 Å². The van der Waals surface area contributed by atoms with Crippen LogP contribution in [0.5, 0.6) is 5.75 Å². The average molecular weight is 359 g/mol. The summed E-state index contributed by atoms with van der Waals surface area (Å²) >= 11 is 0. The number of benzene rings is 1. The Bertz CT molecular complexity index is 597. The number of ether oxygens (including phenoxy) is 1. The molecular formula is C21H34N4O. The van der Waals surface area contributed by atoms with Crippen LogP contribution in [-0.2, 0) is 0 Å². The first-order chi connectivity index (χ1) is 12.6. The average Bonchev–Trinajstić information content (AvgIpc) is 3.28. The highest BCUT2D eigenvalue weighted by Crippen LogP contribution is 2.20. The zero-order chi connectivity index (χ0) is 18.4. The number of nitrogens with one attached hydrogen (secondary N) is 1. The number of aryl methyl sites for hydroxylation is 1. The zero-order valence-electron chi connectivity index (χ0n) is 16.6. The molecule has 5 heteroatoms. The molecule has 0 saturated carbocycles. The minimum Gasteiger partial charge on any atom is -0.489 e. The zero-order valence-corrected chi connectivity index (χ0v) is 16.6. The Morgan fingerprint density at radius 2 is 2.12 bits per heavy atom. The molecule has 1 N–H and O–H groups in total. The summed E-state index contributed by atoms with van der Waals surface area (Å²) in [5.41, 5.74) is 1.22. The molecule has 0 spiro atoms. The van der Waals surface area contributed by atoms with Crippen LogP contribution < -0.4 is 10.1 Å². The molecule has 2 heterocycles. The third-order valence-electron chi connectivity index (χ3n) is 5.39. The molecule has 5 nitrogen and oxygen atoms in total. The van der Waals surface area contributed by atoms with Crippen molar-refractivity contribution in [2.75, 3.05) is 46.3 Å². The van der Waals surface area contributed by atoms with Gasteiger partial charge < -0.3 is 19.9 Å². The fourth-order valence-electron chi connectivity index (χ4n) is 4.03. The van der Waals surface area contributed by atoms with E-state index in [0.29, 0.717) is 0 Å². The van der Waals surface area contributed by atoms with Crippen LogP contribution >= 0.6 is 0 Å². The topological polar surface area (TPSA) is 40.1 Å². The summed E-state index contributed by atoms with van der Waals surface area (Å²) in [5.74, 6) is 2.71. The van der Waals surface area contributed by atoms with Gasteiger partial charge in [-0.3, -0.25) is 4.99 Å². The normalized spacial score (nSPS) is 22.7. The van der Waals surface area contributed by atoms with Crippen LogP contribution in [0.15, 0.2) is 29.3 Å². The van der Waals surface area contributed by atoms with Crippen LogP contribution in [0, 0.1) is 12.8 Å². The lowest BCUT2D eigenvalue weighted by Crippen LogP contribution is -2.44. The summed E-state index contributed by atoms with van der Waals surface area (Å²) in [7, 11) is 1.88. The highest BCUT2D eigenvalue weighted by molar-refractivity contribution is 5.80. The maximum absolute atomic E-state index is 6.02. The van der Waals surface area contributed by atoms with E-state index in [1.165, 1.54) is 44.5 Å². The Kier molecular flexibility index (Phi) is 6.78. The molecule has 0 amide bonds. The Morgan fingerprint density at radius 1 is 1.31 bits per heavy atom. The third kappa shape index (κ3) is 5.37. The molecule has 144 valence electrons. The van der Waals surface area contributed by atoms with Crippen LogP contribution in [0.2, 0.25) is 0 Å². The van der Waals surface area contributed by atoms with Gasteiger partial charge in [0.1, 0.15) is 11.9 Å². The van der Waals surface area contributed by atoms with Crippen molar-refractivity contribution in [3.8, 4) is 5.75 Å².